The summed E-state index contributed by atoms with van der Waals surface area (Å²) in [5.74, 6) is 0.594. The first-order chi connectivity index (χ1) is 10.1. The van der Waals surface area contributed by atoms with Crippen molar-refractivity contribution in [3.05, 3.63) is 53.2 Å². The summed E-state index contributed by atoms with van der Waals surface area (Å²) in [6.07, 6.45) is 1.75. The minimum Gasteiger partial charge on any atom is -0.383 e. The minimum atomic E-state index is 0.594. The summed E-state index contributed by atoms with van der Waals surface area (Å²) in [6, 6.07) is 11.6. The van der Waals surface area contributed by atoms with E-state index in [0.717, 1.165) is 33.1 Å². The second-order valence-electron chi connectivity index (χ2n) is 4.91. The maximum atomic E-state index is 6.18. The van der Waals surface area contributed by atoms with Crippen LogP contribution >= 0.6 is 11.6 Å². The van der Waals surface area contributed by atoms with Crippen LogP contribution in [-0.2, 0) is 7.05 Å². The molecule has 0 spiro atoms. The SMILES string of the molecule is Cc1cc(-c2nn(C)c(N)c2-c2ccccn2)ccc1Cl. The molecule has 0 aliphatic heterocycles. The molecule has 0 unspecified atom stereocenters. The van der Waals surface area contributed by atoms with Crippen LogP contribution in [0.3, 0.4) is 0 Å². The normalized spacial score (nSPS) is 10.8. The Kier molecular flexibility index (Phi) is 3.39. The minimum absolute atomic E-state index is 0.594. The Balaban J connectivity index is 2.24. The largest absolute Gasteiger partial charge is 0.383 e. The van der Waals surface area contributed by atoms with Crippen LogP contribution in [-0.4, -0.2) is 14.8 Å². The highest BCUT2D eigenvalue weighted by Gasteiger charge is 2.18. The topological polar surface area (TPSA) is 56.7 Å². The lowest BCUT2D eigenvalue weighted by Gasteiger charge is -2.05. The summed E-state index contributed by atoms with van der Waals surface area (Å²) >= 11 is 6.10. The lowest BCUT2D eigenvalue weighted by Crippen LogP contribution is -1.98. The van der Waals surface area contributed by atoms with Gasteiger partial charge in [-0.15, -0.1) is 0 Å². The molecule has 0 radical (unpaired) electrons. The third kappa shape index (κ3) is 2.38. The van der Waals surface area contributed by atoms with Crippen LogP contribution < -0.4 is 5.73 Å². The molecule has 0 saturated carbocycles. The van der Waals surface area contributed by atoms with E-state index in [9.17, 15) is 0 Å². The summed E-state index contributed by atoms with van der Waals surface area (Å²) in [7, 11) is 1.83. The standard InChI is InChI=1S/C16H15ClN4/c1-10-9-11(6-7-12(10)17)15-14(16(18)21(2)20-15)13-5-3-4-8-19-13/h3-9H,18H2,1-2H3. The molecule has 0 amide bonds. The fourth-order valence-corrected chi connectivity index (χ4v) is 2.41. The monoisotopic (exact) mass is 298 g/mol. The number of nitrogens with zero attached hydrogens (tertiary/aromatic N) is 3. The van der Waals surface area contributed by atoms with E-state index >= 15 is 0 Å². The fraction of sp³-hybridized carbons (Fsp3) is 0.125. The van der Waals surface area contributed by atoms with Gasteiger partial charge in [-0.2, -0.15) is 5.10 Å². The molecule has 4 nitrogen and oxygen atoms in total. The number of aryl methyl sites for hydroxylation is 2. The van der Waals surface area contributed by atoms with E-state index in [0.29, 0.717) is 5.82 Å². The maximum absolute atomic E-state index is 6.18. The van der Waals surface area contributed by atoms with E-state index in [1.54, 1.807) is 10.9 Å². The van der Waals surface area contributed by atoms with Crippen LogP contribution in [0.25, 0.3) is 22.5 Å². The number of hydrogen-bond acceptors (Lipinski definition) is 3. The Morgan fingerprint density at radius 2 is 2.00 bits per heavy atom. The fourth-order valence-electron chi connectivity index (χ4n) is 2.29. The summed E-state index contributed by atoms with van der Waals surface area (Å²) in [5, 5.41) is 5.27. The van der Waals surface area contributed by atoms with Gasteiger partial charge in [0.1, 0.15) is 11.5 Å². The molecule has 3 rings (SSSR count). The molecule has 0 aliphatic carbocycles. The third-order valence-corrected chi connectivity index (χ3v) is 3.87. The molecule has 1 aromatic carbocycles. The van der Waals surface area contributed by atoms with Crippen LogP contribution in [0.5, 0.6) is 0 Å². The van der Waals surface area contributed by atoms with Gasteiger partial charge in [0.25, 0.3) is 0 Å². The van der Waals surface area contributed by atoms with Gasteiger partial charge >= 0.3 is 0 Å². The molecule has 3 aromatic rings. The Hall–Kier alpha value is -2.33. The lowest BCUT2D eigenvalue weighted by atomic mass is 10.0. The molecule has 106 valence electrons. The molecular weight excluding hydrogens is 284 g/mol. The highest BCUT2D eigenvalue weighted by molar-refractivity contribution is 6.31. The summed E-state index contributed by atoms with van der Waals surface area (Å²) in [6.45, 7) is 1.97. The van der Waals surface area contributed by atoms with Crippen molar-refractivity contribution >= 4 is 17.4 Å². The molecular formula is C16H15ClN4. The highest BCUT2D eigenvalue weighted by Crippen LogP contribution is 2.35. The highest BCUT2D eigenvalue weighted by atomic mass is 35.5. The Bertz CT molecular complexity index is 794. The van der Waals surface area contributed by atoms with E-state index < -0.39 is 0 Å². The number of hydrogen-bond donors (Lipinski definition) is 1. The number of nitrogen functional groups attached to an aromatic ring is 1. The number of rotatable bonds is 2. The van der Waals surface area contributed by atoms with Crippen LogP contribution in [0.2, 0.25) is 5.02 Å². The third-order valence-electron chi connectivity index (χ3n) is 3.44. The first-order valence-electron chi connectivity index (χ1n) is 6.58. The number of benzene rings is 1. The summed E-state index contributed by atoms with van der Waals surface area (Å²) in [4.78, 5) is 4.39. The zero-order valence-corrected chi connectivity index (χ0v) is 12.6. The smallest absolute Gasteiger partial charge is 0.131 e. The Morgan fingerprint density at radius 1 is 1.19 bits per heavy atom. The van der Waals surface area contributed by atoms with Gasteiger partial charge in [-0.05, 0) is 36.8 Å². The van der Waals surface area contributed by atoms with Gasteiger partial charge in [0.15, 0.2) is 0 Å². The van der Waals surface area contributed by atoms with Crippen LogP contribution in [0, 0.1) is 6.92 Å². The van der Waals surface area contributed by atoms with Gasteiger partial charge < -0.3 is 5.73 Å². The van der Waals surface area contributed by atoms with Gasteiger partial charge in [0.05, 0.1) is 11.3 Å². The molecule has 0 atom stereocenters. The quantitative estimate of drug-likeness (QED) is 0.785. The number of halogens is 1. The molecule has 5 heteroatoms. The van der Waals surface area contributed by atoms with Crippen LogP contribution in [0.1, 0.15) is 5.56 Å². The predicted molar refractivity (Wildman–Crippen MR) is 86.0 cm³/mol. The molecule has 2 heterocycles. The summed E-state index contributed by atoms with van der Waals surface area (Å²) in [5.41, 5.74) is 10.6. The maximum Gasteiger partial charge on any atom is 0.131 e. The average molecular weight is 299 g/mol. The van der Waals surface area contributed by atoms with Gasteiger partial charge in [-0.3, -0.25) is 9.67 Å². The first-order valence-corrected chi connectivity index (χ1v) is 6.96. The van der Waals surface area contributed by atoms with Gasteiger partial charge in [0.2, 0.25) is 0 Å². The zero-order chi connectivity index (χ0) is 15.0. The second-order valence-corrected chi connectivity index (χ2v) is 5.32. The van der Waals surface area contributed by atoms with E-state index in [1.165, 1.54) is 0 Å². The second kappa shape index (κ2) is 5.22. The first kappa shape index (κ1) is 13.6. The van der Waals surface area contributed by atoms with Crippen LogP contribution in [0.15, 0.2) is 42.6 Å². The van der Waals surface area contributed by atoms with E-state index in [4.69, 9.17) is 17.3 Å². The predicted octanol–water partition coefficient (Wildman–Crippen LogP) is 3.69. The van der Waals surface area contributed by atoms with E-state index in [1.807, 2.05) is 50.4 Å². The van der Waals surface area contributed by atoms with E-state index in [2.05, 4.69) is 10.1 Å². The van der Waals surface area contributed by atoms with Crippen molar-refractivity contribution in [2.45, 2.75) is 6.92 Å². The van der Waals surface area contributed by atoms with E-state index in [-0.39, 0.29) is 0 Å². The van der Waals surface area contributed by atoms with Gasteiger partial charge in [0, 0.05) is 23.8 Å². The summed E-state index contributed by atoms with van der Waals surface area (Å²) < 4.78 is 1.67. The molecule has 0 bridgehead atoms. The molecule has 0 aliphatic rings. The lowest BCUT2D eigenvalue weighted by molar-refractivity contribution is 0.782. The molecule has 0 saturated heterocycles. The number of anilines is 1. The number of nitrogens with two attached hydrogens (primary N) is 1. The van der Waals surface area contributed by atoms with Crippen molar-refractivity contribution in [2.24, 2.45) is 7.05 Å². The van der Waals surface area contributed by atoms with Crippen molar-refractivity contribution in [1.29, 1.82) is 0 Å². The average Bonchev–Trinajstić information content (AvgIpc) is 2.79. The van der Waals surface area contributed by atoms with Crippen molar-refractivity contribution in [3.63, 3.8) is 0 Å². The Morgan fingerprint density at radius 3 is 2.67 bits per heavy atom. The number of aromatic nitrogens is 3. The molecule has 21 heavy (non-hydrogen) atoms. The van der Waals surface area contributed by atoms with Crippen molar-refractivity contribution in [3.8, 4) is 22.5 Å². The van der Waals surface area contributed by atoms with Crippen LogP contribution in [0.4, 0.5) is 5.82 Å². The molecule has 2 aromatic heterocycles. The van der Waals surface area contributed by atoms with Crippen molar-refractivity contribution in [2.75, 3.05) is 5.73 Å². The zero-order valence-electron chi connectivity index (χ0n) is 11.8. The van der Waals surface area contributed by atoms with Gasteiger partial charge in [-0.25, -0.2) is 0 Å². The molecule has 0 fully saturated rings. The molecule has 2 N–H and O–H groups in total. The Labute approximate surface area is 128 Å². The number of pyridine rings is 1. The van der Waals surface area contributed by atoms with Gasteiger partial charge in [-0.1, -0.05) is 23.7 Å². The van der Waals surface area contributed by atoms with Crippen molar-refractivity contribution < 1.29 is 0 Å². The van der Waals surface area contributed by atoms with Crippen molar-refractivity contribution in [1.82, 2.24) is 14.8 Å².